The van der Waals surface area contributed by atoms with Gasteiger partial charge in [0.25, 0.3) is 15.6 Å². The van der Waals surface area contributed by atoms with Crippen LogP contribution in [0, 0.1) is 5.82 Å². The van der Waals surface area contributed by atoms with Crippen LogP contribution in [0.5, 0.6) is 0 Å². The second-order valence-corrected chi connectivity index (χ2v) is 8.57. The summed E-state index contributed by atoms with van der Waals surface area (Å²) in [5.41, 5.74) is 0.0485. The van der Waals surface area contributed by atoms with E-state index in [-0.39, 0.29) is 22.7 Å². The first-order chi connectivity index (χ1) is 15.3. The molecule has 0 aliphatic heterocycles. The first-order valence-corrected chi connectivity index (χ1v) is 10.9. The molecule has 3 aromatic carbocycles. The number of amides is 1. The number of sulfonamides is 1. The van der Waals surface area contributed by atoms with Gasteiger partial charge in [0, 0.05) is 11.1 Å². The summed E-state index contributed by atoms with van der Waals surface area (Å²) in [6.07, 6.45) is 1.51. The average molecular weight is 452 g/mol. The van der Waals surface area contributed by atoms with Gasteiger partial charge in [-0.05, 0) is 48.5 Å². The minimum atomic E-state index is -3.94. The number of halogens is 1. The van der Waals surface area contributed by atoms with Crippen LogP contribution in [-0.4, -0.2) is 24.1 Å². The number of rotatable bonds is 6. The average Bonchev–Trinajstić information content (AvgIpc) is 2.76. The Balaban J connectivity index is 1.45. The molecule has 8 nitrogen and oxygen atoms in total. The van der Waals surface area contributed by atoms with Crippen LogP contribution >= 0.6 is 0 Å². The molecule has 4 rings (SSSR count). The SMILES string of the molecule is O=C(Cn1ncc2ccccc2c1=O)Nc1ccc(S(=O)(=O)Nc2cccc(F)c2)cc1. The lowest BCUT2D eigenvalue weighted by Crippen LogP contribution is -2.29. The number of fused-ring (bicyclic) bond motifs is 1. The zero-order valence-electron chi connectivity index (χ0n) is 16.5. The number of nitrogens with one attached hydrogen (secondary N) is 2. The summed E-state index contributed by atoms with van der Waals surface area (Å²) in [5.74, 6) is -1.06. The van der Waals surface area contributed by atoms with Gasteiger partial charge in [0.05, 0.1) is 22.2 Å². The van der Waals surface area contributed by atoms with E-state index in [4.69, 9.17) is 0 Å². The molecule has 0 unspecified atom stereocenters. The number of nitrogens with zero attached hydrogens (tertiary/aromatic N) is 2. The topological polar surface area (TPSA) is 110 Å². The molecule has 0 atom stereocenters. The van der Waals surface area contributed by atoms with Crippen molar-refractivity contribution in [3.05, 3.63) is 95.2 Å². The highest BCUT2D eigenvalue weighted by molar-refractivity contribution is 7.92. The Morgan fingerprint density at radius 3 is 2.47 bits per heavy atom. The summed E-state index contributed by atoms with van der Waals surface area (Å²) in [6.45, 7) is -0.301. The van der Waals surface area contributed by atoms with Crippen molar-refractivity contribution in [1.82, 2.24) is 9.78 Å². The smallest absolute Gasteiger partial charge is 0.275 e. The largest absolute Gasteiger partial charge is 0.324 e. The van der Waals surface area contributed by atoms with Gasteiger partial charge in [-0.3, -0.25) is 14.3 Å². The van der Waals surface area contributed by atoms with E-state index in [0.717, 1.165) is 10.7 Å². The van der Waals surface area contributed by atoms with Crippen molar-refractivity contribution in [2.75, 3.05) is 10.0 Å². The second kappa shape index (κ2) is 8.60. The predicted molar refractivity (Wildman–Crippen MR) is 118 cm³/mol. The number of benzene rings is 3. The quantitative estimate of drug-likeness (QED) is 0.467. The van der Waals surface area contributed by atoms with Gasteiger partial charge in [-0.1, -0.05) is 24.3 Å². The van der Waals surface area contributed by atoms with E-state index in [1.54, 1.807) is 24.3 Å². The molecule has 162 valence electrons. The van der Waals surface area contributed by atoms with Crippen LogP contribution in [-0.2, 0) is 21.4 Å². The van der Waals surface area contributed by atoms with E-state index in [2.05, 4.69) is 15.1 Å². The van der Waals surface area contributed by atoms with E-state index in [1.165, 1.54) is 48.7 Å². The molecule has 0 aliphatic carbocycles. The van der Waals surface area contributed by atoms with Crippen molar-refractivity contribution >= 4 is 38.1 Å². The van der Waals surface area contributed by atoms with Crippen molar-refractivity contribution in [1.29, 1.82) is 0 Å². The minimum Gasteiger partial charge on any atom is -0.324 e. The predicted octanol–water partition coefficient (Wildman–Crippen LogP) is 2.98. The maximum Gasteiger partial charge on any atom is 0.275 e. The van der Waals surface area contributed by atoms with E-state index in [0.29, 0.717) is 16.5 Å². The zero-order valence-corrected chi connectivity index (χ0v) is 17.3. The van der Waals surface area contributed by atoms with Crippen LogP contribution in [0.15, 0.2) is 88.7 Å². The van der Waals surface area contributed by atoms with Gasteiger partial charge in [0.15, 0.2) is 0 Å². The fraction of sp³-hybridized carbons (Fsp3) is 0.0455. The van der Waals surface area contributed by atoms with Crippen LogP contribution in [0.2, 0.25) is 0 Å². The number of carbonyl (C=O) groups excluding carboxylic acids is 1. The number of hydrogen-bond donors (Lipinski definition) is 2. The normalized spacial score (nSPS) is 11.3. The van der Waals surface area contributed by atoms with Crippen molar-refractivity contribution in [3.63, 3.8) is 0 Å². The third kappa shape index (κ3) is 4.65. The number of hydrogen-bond acceptors (Lipinski definition) is 5. The Kier molecular flexibility index (Phi) is 5.69. The number of anilines is 2. The molecule has 4 aromatic rings. The van der Waals surface area contributed by atoms with Gasteiger partial charge in [-0.25, -0.2) is 17.5 Å². The molecule has 0 spiro atoms. The summed E-state index contributed by atoms with van der Waals surface area (Å²) in [6, 6.07) is 17.5. The Labute approximate surface area is 182 Å². The molecule has 10 heteroatoms. The lowest BCUT2D eigenvalue weighted by molar-refractivity contribution is -0.117. The highest BCUT2D eigenvalue weighted by Crippen LogP contribution is 2.19. The molecule has 0 bridgehead atoms. The molecule has 2 N–H and O–H groups in total. The molecular weight excluding hydrogens is 435 g/mol. The Hall–Kier alpha value is -4.05. The minimum absolute atomic E-state index is 0.0628. The van der Waals surface area contributed by atoms with Crippen LogP contribution in [0.1, 0.15) is 0 Å². The third-order valence-electron chi connectivity index (χ3n) is 4.58. The van der Waals surface area contributed by atoms with Gasteiger partial charge >= 0.3 is 0 Å². The molecule has 1 heterocycles. The maximum atomic E-state index is 13.3. The van der Waals surface area contributed by atoms with E-state index < -0.39 is 21.7 Å². The summed E-state index contributed by atoms with van der Waals surface area (Å²) in [7, 11) is -3.94. The van der Waals surface area contributed by atoms with Crippen molar-refractivity contribution in [3.8, 4) is 0 Å². The van der Waals surface area contributed by atoms with Gasteiger partial charge in [0.2, 0.25) is 5.91 Å². The summed E-state index contributed by atoms with van der Waals surface area (Å²) < 4.78 is 41.5. The monoisotopic (exact) mass is 452 g/mol. The molecule has 0 fully saturated rings. The van der Waals surface area contributed by atoms with Crippen LogP contribution in [0.3, 0.4) is 0 Å². The zero-order chi connectivity index (χ0) is 22.7. The van der Waals surface area contributed by atoms with Crippen molar-refractivity contribution in [2.24, 2.45) is 0 Å². The maximum absolute atomic E-state index is 13.3. The molecule has 0 aliphatic rings. The third-order valence-corrected chi connectivity index (χ3v) is 5.98. The Bertz CT molecular complexity index is 1470. The highest BCUT2D eigenvalue weighted by atomic mass is 32.2. The van der Waals surface area contributed by atoms with Crippen LogP contribution in [0.4, 0.5) is 15.8 Å². The molecule has 0 saturated heterocycles. The molecular formula is C22H17FN4O4S. The second-order valence-electron chi connectivity index (χ2n) is 6.88. The standard InChI is InChI=1S/C22H17FN4O4S/c23-16-5-3-6-18(12-16)26-32(30,31)19-10-8-17(9-11-19)25-21(28)14-27-22(29)20-7-2-1-4-15(20)13-24-27/h1-13,26H,14H2,(H,25,28). The van der Waals surface area contributed by atoms with Crippen molar-refractivity contribution < 1.29 is 17.6 Å². The van der Waals surface area contributed by atoms with E-state index in [9.17, 15) is 22.4 Å². The Morgan fingerprint density at radius 1 is 0.969 bits per heavy atom. The first kappa shape index (κ1) is 21.2. The lowest BCUT2D eigenvalue weighted by atomic mass is 10.2. The molecule has 32 heavy (non-hydrogen) atoms. The van der Waals surface area contributed by atoms with Crippen LogP contribution in [0.25, 0.3) is 10.8 Å². The van der Waals surface area contributed by atoms with Gasteiger partial charge in [0.1, 0.15) is 12.4 Å². The van der Waals surface area contributed by atoms with E-state index >= 15 is 0 Å². The van der Waals surface area contributed by atoms with E-state index in [1.807, 2.05) is 0 Å². The summed E-state index contributed by atoms with van der Waals surface area (Å²) in [5, 5.41) is 7.74. The lowest BCUT2D eigenvalue weighted by Gasteiger charge is -2.10. The van der Waals surface area contributed by atoms with Crippen LogP contribution < -0.4 is 15.6 Å². The van der Waals surface area contributed by atoms with Gasteiger partial charge < -0.3 is 5.32 Å². The highest BCUT2D eigenvalue weighted by Gasteiger charge is 2.15. The van der Waals surface area contributed by atoms with Gasteiger partial charge in [-0.15, -0.1) is 0 Å². The molecule has 0 radical (unpaired) electrons. The van der Waals surface area contributed by atoms with Gasteiger partial charge in [-0.2, -0.15) is 5.10 Å². The Morgan fingerprint density at radius 2 is 1.72 bits per heavy atom. The fourth-order valence-electron chi connectivity index (χ4n) is 3.06. The number of carbonyl (C=O) groups is 1. The fourth-order valence-corrected chi connectivity index (χ4v) is 4.11. The molecule has 1 aromatic heterocycles. The first-order valence-electron chi connectivity index (χ1n) is 9.45. The molecule has 1 amide bonds. The number of aromatic nitrogens is 2. The molecule has 0 saturated carbocycles. The summed E-state index contributed by atoms with van der Waals surface area (Å²) in [4.78, 5) is 24.8. The van der Waals surface area contributed by atoms with Crippen molar-refractivity contribution in [2.45, 2.75) is 11.4 Å². The summed E-state index contributed by atoms with van der Waals surface area (Å²) >= 11 is 0.